The first-order valence-corrected chi connectivity index (χ1v) is 7.43. The van der Waals surface area contributed by atoms with E-state index in [1.54, 1.807) is 6.20 Å². The Morgan fingerprint density at radius 3 is 2.40 bits per heavy atom. The molecule has 0 radical (unpaired) electrons. The first-order chi connectivity index (χ1) is 9.83. The normalized spacial score (nSPS) is 10.2. The third-order valence-corrected chi connectivity index (χ3v) is 3.14. The Bertz CT molecular complexity index is 354. The number of ether oxygens (including phenoxy) is 2. The maximum absolute atomic E-state index is 10.9. The van der Waals surface area contributed by atoms with Gasteiger partial charge in [-0.05, 0) is 18.9 Å². The van der Waals surface area contributed by atoms with Gasteiger partial charge in [0.25, 0.3) is 0 Å². The van der Waals surface area contributed by atoms with E-state index in [0.29, 0.717) is 12.3 Å². The largest absolute Gasteiger partial charge is 0.478 e. The average Bonchev–Trinajstić information content (AvgIpc) is 2.50. The lowest BCUT2D eigenvalue weighted by Crippen LogP contribution is -1.99. The van der Waals surface area contributed by atoms with Crippen molar-refractivity contribution in [1.82, 2.24) is 4.98 Å². The van der Waals surface area contributed by atoms with Gasteiger partial charge in [0.15, 0.2) is 0 Å². The first kappa shape index (κ1) is 16.5. The number of esters is 1. The van der Waals surface area contributed by atoms with Crippen LogP contribution < -0.4 is 4.74 Å². The van der Waals surface area contributed by atoms with E-state index in [9.17, 15) is 4.79 Å². The molecule has 1 aromatic heterocycles. The summed E-state index contributed by atoms with van der Waals surface area (Å²) in [6, 6.07) is 5.69. The van der Waals surface area contributed by atoms with E-state index in [2.05, 4.69) is 9.72 Å². The number of hydrogen-bond donors (Lipinski definition) is 0. The molecule has 0 atom stereocenters. The Hall–Kier alpha value is -1.58. The predicted octanol–water partition coefficient (Wildman–Crippen LogP) is 3.75. The zero-order valence-corrected chi connectivity index (χ0v) is 12.3. The minimum atomic E-state index is -0.100. The van der Waals surface area contributed by atoms with Crippen molar-refractivity contribution in [2.75, 3.05) is 13.7 Å². The van der Waals surface area contributed by atoms with Crippen LogP contribution in [-0.4, -0.2) is 24.7 Å². The second-order valence-corrected chi connectivity index (χ2v) is 4.82. The van der Waals surface area contributed by atoms with Gasteiger partial charge in [0.1, 0.15) is 0 Å². The first-order valence-electron chi connectivity index (χ1n) is 7.43. The van der Waals surface area contributed by atoms with Crippen LogP contribution in [0.1, 0.15) is 51.4 Å². The van der Waals surface area contributed by atoms with Crippen LogP contribution in [0.25, 0.3) is 0 Å². The van der Waals surface area contributed by atoms with Crippen LogP contribution in [0.15, 0.2) is 24.4 Å². The van der Waals surface area contributed by atoms with E-state index < -0.39 is 0 Å². The van der Waals surface area contributed by atoms with E-state index in [0.717, 1.165) is 25.9 Å². The van der Waals surface area contributed by atoms with Gasteiger partial charge in [-0.15, -0.1) is 0 Å². The number of nitrogens with zero attached hydrogens (tertiary/aromatic N) is 1. The molecule has 112 valence electrons. The molecular weight excluding hydrogens is 254 g/mol. The van der Waals surface area contributed by atoms with Gasteiger partial charge in [-0.2, -0.15) is 0 Å². The monoisotopic (exact) mass is 279 g/mol. The molecule has 1 aromatic rings. The second-order valence-electron chi connectivity index (χ2n) is 4.82. The van der Waals surface area contributed by atoms with E-state index >= 15 is 0 Å². The van der Waals surface area contributed by atoms with Crippen molar-refractivity contribution in [1.29, 1.82) is 0 Å². The third-order valence-electron chi connectivity index (χ3n) is 3.14. The summed E-state index contributed by atoms with van der Waals surface area (Å²) in [6.45, 7) is 0.735. The molecule has 0 aromatic carbocycles. The average molecular weight is 279 g/mol. The van der Waals surface area contributed by atoms with E-state index in [-0.39, 0.29) is 5.97 Å². The Morgan fingerprint density at radius 1 is 1.05 bits per heavy atom. The fourth-order valence-electron chi connectivity index (χ4n) is 1.97. The highest BCUT2D eigenvalue weighted by Crippen LogP contribution is 2.10. The Kier molecular flexibility index (Phi) is 9.28. The van der Waals surface area contributed by atoms with Gasteiger partial charge in [0.2, 0.25) is 5.88 Å². The molecule has 1 rings (SSSR count). The Labute approximate surface area is 121 Å². The van der Waals surface area contributed by atoms with Crippen LogP contribution in [0, 0.1) is 0 Å². The summed E-state index contributed by atoms with van der Waals surface area (Å²) in [4.78, 5) is 15.0. The molecule has 0 saturated heterocycles. The lowest BCUT2D eigenvalue weighted by molar-refractivity contribution is -0.140. The second kappa shape index (κ2) is 11.3. The van der Waals surface area contributed by atoms with Crippen molar-refractivity contribution in [2.24, 2.45) is 0 Å². The molecule has 0 saturated carbocycles. The highest BCUT2D eigenvalue weighted by Gasteiger charge is 1.99. The van der Waals surface area contributed by atoms with Gasteiger partial charge in [-0.3, -0.25) is 4.79 Å². The Balaban J connectivity index is 1.82. The summed E-state index contributed by atoms with van der Waals surface area (Å²) >= 11 is 0. The van der Waals surface area contributed by atoms with Gasteiger partial charge in [-0.1, -0.05) is 38.2 Å². The van der Waals surface area contributed by atoms with E-state index in [1.165, 1.54) is 32.8 Å². The van der Waals surface area contributed by atoms with Crippen molar-refractivity contribution >= 4 is 5.97 Å². The van der Waals surface area contributed by atoms with Crippen molar-refractivity contribution in [3.8, 4) is 5.88 Å². The van der Waals surface area contributed by atoms with Crippen molar-refractivity contribution < 1.29 is 14.3 Å². The summed E-state index contributed by atoms with van der Waals surface area (Å²) in [6.07, 6.45) is 10.2. The molecule has 0 N–H and O–H groups in total. The maximum Gasteiger partial charge on any atom is 0.305 e. The van der Waals surface area contributed by atoms with Crippen molar-refractivity contribution in [3.63, 3.8) is 0 Å². The van der Waals surface area contributed by atoms with E-state index in [1.807, 2.05) is 18.2 Å². The smallest absolute Gasteiger partial charge is 0.305 e. The third kappa shape index (κ3) is 8.51. The standard InChI is InChI=1S/C16H25NO3/c1-19-16(18)12-7-5-3-2-4-6-10-14-20-15-11-8-9-13-17-15/h8-9,11,13H,2-7,10,12,14H2,1H3. The molecule has 0 aliphatic heterocycles. The Morgan fingerprint density at radius 2 is 1.75 bits per heavy atom. The van der Waals surface area contributed by atoms with Crippen molar-refractivity contribution in [3.05, 3.63) is 24.4 Å². The summed E-state index contributed by atoms with van der Waals surface area (Å²) in [7, 11) is 1.44. The molecule has 0 fully saturated rings. The van der Waals surface area contributed by atoms with Crippen LogP contribution >= 0.6 is 0 Å². The lowest BCUT2D eigenvalue weighted by atomic mass is 10.1. The zero-order valence-electron chi connectivity index (χ0n) is 12.3. The van der Waals surface area contributed by atoms with Gasteiger partial charge in [-0.25, -0.2) is 4.98 Å². The fraction of sp³-hybridized carbons (Fsp3) is 0.625. The number of rotatable bonds is 11. The van der Waals surface area contributed by atoms with Crippen LogP contribution in [0.4, 0.5) is 0 Å². The molecule has 0 bridgehead atoms. The van der Waals surface area contributed by atoms with Gasteiger partial charge >= 0.3 is 5.97 Å². The number of hydrogen-bond acceptors (Lipinski definition) is 4. The van der Waals surface area contributed by atoms with Crippen LogP contribution in [0.2, 0.25) is 0 Å². The molecule has 4 heteroatoms. The molecular formula is C16H25NO3. The van der Waals surface area contributed by atoms with Crippen LogP contribution in [0.3, 0.4) is 0 Å². The molecule has 0 spiro atoms. The summed E-state index contributed by atoms with van der Waals surface area (Å²) in [5, 5.41) is 0. The molecule has 1 heterocycles. The molecule has 4 nitrogen and oxygen atoms in total. The lowest BCUT2D eigenvalue weighted by Gasteiger charge is -2.04. The number of aromatic nitrogens is 1. The van der Waals surface area contributed by atoms with Crippen LogP contribution in [0.5, 0.6) is 5.88 Å². The van der Waals surface area contributed by atoms with Gasteiger partial charge < -0.3 is 9.47 Å². The fourth-order valence-corrected chi connectivity index (χ4v) is 1.97. The number of methoxy groups -OCH3 is 1. The molecule has 0 aliphatic rings. The maximum atomic E-state index is 10.9. The molecule has 0 unspecified atom stereocenters. The van der Waals surface area contributed by atoms with Crippen molar-refractivity contribution in [2.45, 2.75) is 51.4 Å². The quantitative estimate of drug-likeness (QED) is 0.457. The SMILES string of the molecule is COC(=O)CCCCCCCCCOc1ccccn1. The predicted molar refractivity (Wildman–Crippen MR) is 78.7 cm³/mol. The number of carbonyl (C=O) groups excluding carboxylic acids is 1. The molecule has 20 heavy (non-hydrogen) atoms. The minimum Gasteiger partial charge on any atom is -0.478 e. The topological polar surface area (TPSA) is 48.4 Å². The van der Waals surface area contributed by atoms with E-state index in [4.69, 9.17) is 4.74 Å². The highest BCUT2D eigenvalue weighted by atomic mass is 16.5. The number of pyridine rings is 1. The minimum absolute atomic E-state index is 0.100. The zero-order chi connectivity index (χ0) is 14.5. The number of unbranched alkanes of at least 4 members (excludes halogenated alkanes) is 6. The van der Waals surface area contributed by atoms with Gasteiger partial charge in [0.05, 0.1) is 13.7 Å². The summed E-state index contributed by atoms with van der Waals surface area (Å²) < 4.78 is 10.1. The molecule has 0 amide bonds. The van der Waals surface area contributed by atoms with Gasteiger partial charge in [0, 0.05) is 18.7 Å². The van der Waals surface area contributed by atoms with Crippen LogP contribution in [-0.2, 0) is 9.53 Å². The number of carbonyl (C=O) groups is 1. The molecule has 0 aliphatic carbocycles. The summed E-state index contributed by atoms with van der Waals surface area (Å²) in [5.74, 6) is 0.604. The summed E-state index contributed by atoms with van der Waals surface area (Å²) in [5.41, 5.74) is 0. The highest BCUT2D eigenvalue weighted by molar-refractivity contribution is 5.68.